The van der Waals surface area contributed by atoms with Crippen molar-refractivity contribution in [1.29, 1.82) is 0 Å². The summed E-state index contributed by atoms with van der Waals surface area (Å²) in [5, 5.41) is 9.76. The Morgan fingerprint density at radius 3 is 1.39 bits per heavy atom. The van der Waals surface area contributed by atoms with Gasteiger partial charge in [-0.2, -0.15) is 0 Å². The molecule has 0 N–H and O–H groups in total. The number of fused-ring (bicyclic) bond motifs is 6. The van der Waals surface area contributed by atoms with E-state index >= 15 is 0 Å². The highest BCUT2D eigenvalue weighted by atomic mass is 16.3. The van der Waals surface area contributed by atoms with E-state index in [4.69, 9.17) is 4.42 Å². The largest absolute Gasteiger partial charge is 0.456 e. The van der Waals surface area contributed by atoms with Crippen LogP contribution in [0.25, 0.3) is 98.8 Å². The predicted molar refractivity (Wildman–Crippen MR) is 208 cm³/mol. The second-order valence-electron chi connectivity index (χ2n) is 12.8. The fourth-order valence-electron chi connectivity index (χ4n) is 7.95. The highest BCUT2D eigenvalue weighted by Crippen LogP contribution is 2.48. The third-order valence-corrected chi connectivity index (χ3v) is 10.1. The molecule has 0 fully saturated rings. The zero-order valence-corrected chi connectivity index (χ0v) is 26.7. The number of hydrogen-bond acceptors (Lipinski definition) is 1. The first-order valence-corrected chi connectivity index (χ1v) is 16.9. The Morgan fingerprint density at radius 2 is 0.714 bits per heavy atom. The summed E-state index contributed by atoms with van der Waals surface area (Å²) in [4.78, 5) is 0. The molecule has 228 valence electrons. The molecule has 10 aromatic rings. The first kappa shape index (κ1) is 27.7. The highest BCUT2D eigenvalue weighted by Gasteiger charge is 2.21. The summed E-state index contributed by atoms with van der Waals surface area (Å²) in [7, 11) is 0. The molecule has 0 unspecified atom stereocenters. The molecule has 0 aliphatic carbocycles. The molecular formula is C48H30O. The first-order valence-electron chi connectivity index (χ1n) is 16.9. The van der Waals surface area contributed by atoms with E-state index in [1.165, 1.54) is 76.8 Å². The summed E-state index contributed by atoms with van der Waals surface area (Å²) in [6, 6.07) is 65.9. The van der Waals surface area contributed by atoms with Crippen LogP contribution in [0.15, 0.2) is 186 Å². The molecule has 0 bridgehead atoms. The quantitative estimate of drug-likeness (QED) is 0.178. The minimum absolute atomic E-state index is 0.910. The summed E-state index contributed by atoms with van der Waals surface area (Å²) in [6.07, 6.45) is 0. The van der Waals surface area contributed by atoms with Gasteiger partial charge in [0.1, 0.15) is 11.2 Å². The van der Waals surface area contributed by atoms with Gasteiger partial charge in [-0.15, -0.1) is 0 Å². The third-order valence-electron chi connectivity index (χ3n) is 10.1. The van der Waals surface area contributed by atoms with Gasteiger partial charge in [-0.3, -0.25) is 0 Å². The minimum Gasteiger partial charge on any atom is -0.456 e. The maximum absolute atomic E-state index is 6.19. The fraction of sp³-hybridized carbons (Fsp3) is 0. The smallest absolute Gasteiger partial charge is 0.135 e. The van der Waals surface area contributed by atoms with E-state index in [9.17, 15) is 0 Å². The summed E-state index contributed by atoms with van der Waals surface area (Å²) >= 11 is 0. The van der Waals surface area contributed by atoms with Gasteiger partial charge in [0, 0.05) is 10.8 Å². The zero-order valence-electron chi connectivity index (χ0n) is 26.7. The normalized spacial score (nSPS) is 11.7. The topological polar surface area (TPSA) is 13.1 Å². The molecule has 0 amide bonds. The zero-order chi connectivity index (χ0) is 32.3. The van der Waals surface area contributed by atoms with Crippen LogP contribution < -0.4 is 0 Å². The Hall–Kier alpha value is -6.44. The van der Waals surface area contributed by atoms with Crippen LogP contribution in [-0.4, -0.2) is 0 Å². The fourth-order valence-corrected chi connectivity index (χ4v) is 7.95. The average molecular weight is 623 g/mol. The van der Waals surface area contributed by atoms with Crippen molar-refractivity contribution in [3.05, 3.63) is 182 Å². The van der Waals surface area contributed by atoms with Gasteiger partial charge in [0.2, 0.25) is 0 Å². The molecule has 10 rings (SSSR count). The van der Waals surface area contributed by atoms with Crippen molar-refractivity contribution in [2.75, 3.05) is 0 Å². The minimum atomic E-state index is 0.910. The lowest BCUT2D eigenvalue weighted by molar-refractivity contribution is 0.669. The monoisotopic (exact) mass is 622 g/mol. The van der Waals surface area contributed by atoms with Crippen molar-refractivity contribution in [3.8, 4) is 44.5 Å². The van der Waals surface area contributed by atoms with E-state index in [2.05, 4.69) is 170 Å². The Balaban J connectivity index is 1.26. The van der Waals surface area contributed by atoms with Crippen LogP contribution in [0.5, 0.6) is 0 Å². The van der Waals surface area contributed by atoms with Crippen LogP contribution in [0.1, 0.15) is 0 Å². The Morgan fingerprint density at radius 1 is 0.265 bits per heavy atom. The second-order valence-corrected chi connectivity index (χ2v) is 12.8. The molecule has 1 nitrogen and oxygen atoms in total. The summed E-state index contributed by atoms with van der Waals surface area (Å²) in [5.41, 5.74) is 11.7. The number of benzene rings is 9. The Bertz CT molecular complexity index is 2830. The van der Waals surface area contributed by atoms with E-state index < -0.39 is 0 Å². The Kier molecular flexibility index (Phi) is 6.25. The van der Waals surface area contributed by atoms with Gasteiger partial charge < -0.3 is 4.42 Å². The maximum atomic E-state index is 6.19. The number of furan rings is 1. The molecule has 0 radical (unpaired) electrons. The van der Waals surface area contributed by atoms with Gasteiger partial charge in [-0.25, -0.2) is 0 Å². The Labute approximate surface area is 284 Å². The molecule has 0 atom stereocenters. The first-order chi connectivity index (χ1) is 24.3. The van der Waals surface area contributed by atoms with Gasteiger partial charge in [-0.05, 0) is 95.0 Å². The number of para-hydroxylation sites is 1. The van der Waals surface area contributed by atoms with Crippen molar-refractivity contribution in [3.63, 3.8) is 0 Å². The number of rotatable bonds is 4. The van der Waals surface area contributed by atoms with E-state index in [1.807, 2.05) is 12.1 Å². The van der Waals surface area contributed by atoms with Crippen molar-refractivity contribution in [1.82, 2.24) is 0 Å². The lowest BCUT2D eigenvalue weighted by Gasteiger charge is -2.21. The SMILES string of the molecule is c1ccc(-c2c3ccccc3c(-c3ccccc3-c3cccc4ccccc34)c3ccccc23)c(-c2ccc3oc4ccccc4c3c2)c1. The van der Waals surface area contributed by atoms with Crippen LogP contribution in [0.4, 0.5) is 0 Å². The van der Waals surface area contributed by atoms with Crippen molar-refractivity contribution < 1.29 is 4.42 Å². The molecule has 1 aromatic heterocycles. The molecule has 1 heterocycles. The van der Waals surface area contributed by atoms with E-state index in [1.54, 1.807) is 0 Å². The highest BCUT2D eigenvalue weighted by molar-refractivity contribution is 6.24. The predicted octanol–water partition coefficient (Wildman–Crippen LogP) is 13.7. The van der Waals surface area contributed by atoms with Gasteiger partial charge in [0.15, 0.2) is 0 Å². The van der Waals surface area contributed by atoms with Crippen molar-refractivity contribution >= 4 is 54.3 Å². The number of hydrogen-bond donors (Lipinski definition) is 0. The molecule has 49 heavy (non-hydrogen) atoms. The summed E-state index contributed by atoms with van der Waals surface area (Å²) < 4.78 is 6.19. The molecule has 0 aliphatic heterocycles. The molecule has 0 saturated heterocycles. The molecule has 1 heteroatoms. The maximum Gasteiger partial charge on any atom is 0.135 e. The lowest BCUT2D eigenvalue weighted by Crippen LogP contribution is -1.94. The van der Waals surface area contributed by atoms with E-state index in [0.717, 1.165) is 21.9 Å². The molecular weight excluding hydrogens is 593 g/mol. The van der Waals surface area contributed by atoms with Crippen LogP contribution in [-0.2, 0) is 0 Å². The average Bonchev–Trinajstić information content (AvgIpc) is 3.55. The van der Waals surface area contributed by atoms with Gasteiger partial charge >= 0.3 is 0 Å². The lowest BCUT2D eigenvalue weighted by atomic mass is 9.82. The summed E-state index contributed by atoms with van der Waals surface area (Å²) in [5.74, 6) is 0. The van der Waals surface area contributed by atoms with Crippen molar-refractivity contribution in [2.45, 2.75) is 0 Å². The van der Waals surface area contributed by atoms with Crippen LogP contribution >= 0.6 is 0 Å². The standard InChI is InChI=1S/C48H30O/c1-2-16-33-31(14-1)15-13-26-35(33)36-18-4-6-21-39(36)48-42-24-9-7-22-40(42)47(41-23-8-10-25-43(41)48)38-20-5-3-17-34(38)32-28-29-46-44(30-32)37-19-11-12-27-45(37)49-46/h1-30H. The van der Waals surface area contributed by atoms with Gasteiger partial charge in [0.05, 0.1) is 0 Å². The van der Waals surface area contributed by atoms with Gasteiger partial charge in [0.25, 0.3) is 0 Å². The molecule has 9 aromatic carbocycles. The van der Waals surface area contributed by atoms with Crippen LogP contribution in [0, 0.1) is 0 Å². The molecule has 0 saturated carbocycles. The van der Waals surface area contributed by atoms with Crippen molar-refractivity contribution in [2.24, 2.45) is 0 Å². The second kappa shape index (κ2) is 11.1. The summed E-state index contributed by atoms with van der Waals surface area (Å²) in [6.45, 7) is 0. The van der Waals surface area contributed by atoms with E-state index in [0.29, 0.717) is 0 Å². The van der Waals surface area contributed by atoms with E-state index in [-0.39, 0.29) is 0 Å². The molecule has 0 aliphatic rings. The van der Waals surface area contributed by atoms with Crippen LogP contribution in [0.3, 0.4) is 0 Å². The molecule has 0 spiro atoms. The van der Waals surface area contributed by atoms with Crippen LogP contribution in [0.2, 0.25) is 0 Å². The van der Waals surface area contributed by atoms with Gasteiger partial charge in [-0.1, -0.05) is 164 Å². The third kappa shape index (κ3) is 4.33.